The molecule has 0 heterocycles. The van der Waals surface area contributed by atoms with Crippen LogP contribution in [0.3, 0.4) is 0 Å². The van der Waals surface area contributed by atoms with Crippen LogP contribution in [-0.2, 0) is 4.79 Å². The van der Waals surface area contributed by atoms with Crippen LogP contribution in [0.15, 0.2) is 18.2 Å². The Balaban J connectivity index is 2.60. The first-order valence-electron chi connectivity index (χ1n) is 6.21. The Bertz CT molecular complexity index is 404. The fourth-order valence-corrected chi connectivity index (χ4v) is 1.79. The first-order valence-corrected chi connectivity index (χ1v) is 6.21. The minimum absolute atomic E-state index is 0.209. The van der Waals surface area contributed by atoms with Crippen molar-refractivity contribution in [2.75, 3.05) is 25.1 Å². The number of ether oxygens (including phenoxy) is 1. The molecule has 0 atom stereocenters. The fraction of sp³-hybridized carbons (Fsp3) is 0.500. The molecule has 0 aromatic heterocycles. The Labute approximate surface area is 108 Å². The highest BCUT2D eigenvalue weighted by Crippen LogP contribution is 2.24. The van der Waals surface area contributed by atoms with Gasteiger partial charge in [-0.25, -0.2) is 0 Å². The summed E-state index contributed by atoms with van der Waals surface area (Å²) in [7, 11) is 1.97. The normalized spacial score (nSPS) is 10.2. The van der Waals surface area contributed by atoms with Crippen molar-refractivity contribution in [1.29, 1.82) is 0 Å². The van der Waals surface area contributed by atoms with Crippen molar-refractivity contribution in [2.45, 2.75) is 26.7 Å². The molecule has 0 saturated carbocycles. The maximum atomic E-state index is 10.5. The second-order valence-electron chi connectivity index (χ2n) is 4.30. The molecule has 0 aliphatic carbocycles. The highest BCUT2D eigenvalue weighted by molar-refractivity contribution is 5.66. The Morgan fingerprint density at radius 1 is 1.44 bits per heavy atom. The van der Waals surface area contributed by atoms with Crippen LogP contribution in [0, 0.1) is 6.92 Å². The molecular formula is C14H21NO3. The molecule has 4 heteroatoms. The molecule has 0 spiro atoms. The standard InChI is InChI=1S/C14H21NO3/c1-4-18-13-8-7-12(10-11(13)2)15(3)9-5-6-14(16)17/h7-8,10H,4-6,9H2,1-3H3,(H,16,17). The van der Waals surface area contributed by atoms with Gasteiger partial charge in [-0.15, -0.1) is 0 Å². The number of nitrogens with zero attached hydrogens (tertiary/aromatic N) is 1. The first-order chi connectivity index (χ1) is 8.54. The number of rotatable bonds is 7. The van der Waals surface area contributed by atoms with Crippen molar-refractivity contribution in [3.63, 3.8) is 0 Å². The Morgan fingerprint density at radius 3 is 2.72 bits per heavy atom. The third-order valence-corrected chi connectivity index (χ3v) is 2.78. The largest absolute Gasteiger partial charge is 0.494 e. The van der Waals surface area contributed by atoms with Crippen LogP contribution >= 0.6 is 0 Å². The molecule has 18 heavy (non-hydrogen) atoms. The third kappa shape index (κ3) is 4.28. The van der Waals surface area contributed by atoms with E-state index in [1.807, 2.05) is 33.0 Å². The summed E-state index contributed by atoms with van der Waals surface area (Å²) in [5.41, 5.74) is 2.18. The maximum Gasteiger partial charge on any atom is 0.303 e. The van der Waals surface area contributed by atoms with Crippen LogP contribution in [0.25, 0.3) is 0 Å². The van der Waals surface area contributed by atoms with E-state index in [4.69, 9.17) is 9.84 Å². The van der Waals surface area contributed by atoms with E-state index >= 15 is 0 Å². The van der Waals surface area contributed by atoms with Crippen molar-refractivity contribution < 1.29 is 14.6 Å². The van der Waals surface area contributed by atoms with Gasteiger partial charge in [-0.3, -0.25) is 4.79 Å². The number of hydrogen-bond donors (Lipinski definition) is 1. The first kappa shape index (κ1) is 14.4. The number of benzene rings is 1. The van der Waals surface area contributed by atoms with E-state index in [2.05, 4.69) is 11.0 Å². The van der Waals surface area contributed by atoms with Gasteiger partial charge in [0.25, 0.3) is 0 Å². The van der Waals surface area contributed by atoms with Gasteiger partial charge in [0, 0.05) is 25.7 Å². The smallest absolute Gasteiger partial charge is 0.303 e. The Kier molecular flexibility index (Phi) is 5.49. The number of aryl methyl sites for hydroxylation is 1. The molecule has 0 bridgehead atoms. The van der Waals surface area contributed by atoms with Gasteiger partial charge in [-0.05, 0) is 44.0 Å². The number of carboxylic acids is 1. The molecule has 0 saturated heterocycles. The van der Waals surface area contributed by atoms with E-state index in [1.54, 1.807) is 0 Å². The molecule has 1 aromatic rings. The number of anilines is 1. The van der Waals surface area contributed by atoms with Crippen LogP contribution in [0.1, 0.15) is 25.3 Å². The van der Waals surface area contributed by atoms with Crippen LogP contribution < -0.4 is 9.64 Å². The average Bonchev–Trinajstić information content (AvgIpc) is 2.31. The second-order valence-corrected chi connectivity index (χ2v) is 4.30. The molecule has 0 aliphatic heterocycles. The van der Waals surface area contributed by atoms with Crippen molar-refractivity contribution >= 4 is 11.7 Å². The predicted octanol–water partition coefficient (Wildman–Crippen LogP) is 2.69. The minimum Gasteiger partial charge on any atom is -0.494 e. The zero-order chi connectivity index (χ0) is 13.5. The summed E-state index contributed by atoms with van der Waals surface area (Å²) in [6.45, 7) is 5.37. The Hall–Kier alpha value is -1.71. The van der Waals surface area contributed by atoms with Gasteiger partial charge in [0.15, 0.2) is 0 Å². The molecule has 1 N–H and O–H groups in total. The van der Waals surface area contributed by atoms with Crippen LogP contribution in [0.5, 0.6) is 5.75 Å². The molecule has 0 unspecified atom stereocenters. The van der Waals surface area contributed by atoms with Gasteiger partial charge in [-0.2, -0.15) is 0 Å². The van der Waals surface area contributed by atoms with Crippen LogP contribution in [-0.4, -0.2) is 31.3 Å². The number of carbonyl (C=O) groups is 1. The molecule has 1 rings (SSSR count). The van der Waals surface area contributed by atoms with Crippen molar-refractivity contribution in [3.05, 3.63) is 23.8 Å². The van der Waals surface area contributed by atoms with E-state index < -0.39 is 5.97 Å². The molecule has 1 aromatic carbocycles. The molecule has 0 amide bonds. The predicted molar refractivity (Wildman–Crippen MR) is 72.5 cm³/mol. The summed E-state index contributed by atoms with van der Waals surface area (Å²) < 4.78 is 5.49. The third-order valence-electron chi connectivity index (χ3n) is 2.78. The monoisotopic (exact) mass is 251 g/mol. The highest BCUT2D eigenvalue weighted by atomic mass is 16.5. The highest BCUT2D eigenvalue weighted by Gasteiger charge is 2.05. The van der Waals surface area contributed by atoms with E-state index in [0.717, 1.165) is 23.5 Å². The van der Waals surface area contributed by atoms with Gasteiger partial charge in [0.1, 0.15) is 5.75 Å². The van der Waals surface area contributed by atoms with E-state index in [-0.39, 0.29) is 6.42 Å². The summed E-state index contributed by atoms with van der Waals surface area (Å²) >= 11 is 0. The van der Waals surface area contributed by atoms with Crippen molar-refractivity contribution in [2.24, 2.45) is 0 Å². The lowest BCUT2D eigenvalue weighted by Gasteiger charge is -2.20. The van der Waals surface area contributed by atoms with Crippen LogP contribution in [0.4, 0.5) is 5.69 Å². The van der Waals surface area contributed by atoms with Crippen LogP contribution in [0.2, 0.25) is 0 Å². The number of aliphatic carboxylic acids is 1. The fourth-order valence-electron chi connectivity index (χ4n) is 1.79. The summed E-state index contributed by atoms with van der Waals surface area (Å²) in [5.74, 6) is 0.159. The van der Waals surface area contributed by atoms with Gasteiger partial charge >= 0.3 is 5.97 Å². The van der Waals surface area contributed by atoms with Gasteiger partial charge in [0.05, 0.1) is 6.61 Å². The molecule has 0 fully saturated rings. The quantitative estimate of drug-likeness (QED) is 0.809. The van der Waals surface area contributed by atoms with E-state index in [9.17, 15) is 4.79 Å². The van der Waals surface area contributed by atoms with Crippen molar-refractivity contribution in [1.82, 2.24) is 0 Å². The van der Waals surface area contributed by atoms with Gasteiger partial charge < -0.3 is 14.7 Å². The Morgan fingerprint density at radius 2 is 2.17 bits per heavy atom. The maximum absolute atomic E-state index is 10.5. The molecule has 100 valence electrons. The van der Waals surface area contributed by atoms with Gasteiger partial charge in [0.2, 0.25) is 0 Å². The molecular weight excluding hydrogens is 230 g/mol. The van der Waals surface area contributed by atoms with Gasteiger partial charge in [-0.1, -0.05) is 0 Å². The minimum atomic E-state index is -0.744. The zero-order valence-corrected chi connectivity index (χ0v) is 11.3. The summed E-state index contributed by atoms with van der Waals surface area (Å²) in [6, 6.07) is 6.02. The second kappa shape index (κ2) is 6.89. The SMILES string of the molecule is CCOc1ccc(N(C)CCCC(=O)O)cc1C. The lowest BCUT2D eigenvalue weighted by molar-refractivity contribution is -0.137. The summed E-state index contributed by atoms with van der Waals surface area (Å²) in [5, 5.41) is 8.60. The summed E-state index contributed by atoms with van der Waals surface area (Å²) in [4.78, 5) is 12.5. The zero-order valence-electron chi connectivity index (χ0n) is 11.3. The molecule has 0 aliphatic rings. The number of carboxylic acid groups (broad SMARTS) is 1. The summed E-state index contributed by atoms with van der Waals surface area (Å²) in [6.07, 6.45) is 0.860. The van der Waals surface area contributed by atoms with E-state index in [0.29, 0.717) is 13.0 Å². The molecule has 0 radical (unpaired) electrons. The topological polar surface area (TPSA) is 49.8 Å². The van der Waals surface area contributed by atoms with E-state index in [1.165, 1.54) is 0 Å². The average molecular weight is 251 g/mol. The molecule has 4 nitrogen and oxygen atoms in total. The lowest BCUT2D eigenvalue weighted by atomic mass is 10.2. The van der Waals surface area contributed by atoms with Crippen molar-refractivity contribution in [3.8, 4) is 5.75 Å². The lowest BCUT2D eigenvalue weighted by Crippen LogP contribution is -2.19. The number of hydrogen-bond acceptors (Lipinski definition) is 3.